The van der Waals surface area contributed by atoms with E-state index in [1.165, 1.54) is 44.9 Å². The largest absolute Gasteiger partial charge is 0.353 e. The molecular weight excluding hydrogens is 296 g/mol. The molecule has 1 fully saturated rings. The van der Waals surface area contributed by atoms with Crippen LogP contribution < -0.4 is 5.32 Å². The van der Waals surface area contributed by atoms with E-state index >= 15 is 0 Å². The van der Waals surface area contributed by atoms with Crippen molar-refractivity contribution in [2.45, 2.75) is 91.5 Å². The van der Waals surface area contributed by atoms with E-state index < -0.39 is 0 Å². The van der Waals surface area contributed by atoms with Crippen LogP contribution in [0.3, 0.4) is 0 Å². The number of carbonyl (C=O) groups excluding carboxylic acids is 1. The van der Waals surface area contributed by atoms with Gasteiger partial charge in [0.2, 0.25) is 5.91 Å². The van der Waals surface area contributed by atoms with Gasteiger partial charge >= 0.3 is 0 Å². The number of nitrogens with one attached hydrogen (secondary N) is 1. The van der Waals surface area contributed by atoms with Crippen LogP contribution >= 0.6 is 0 Å². The smallest absolute Gasteiger partial charge is 0.233 e. The van der Waals surface area contributed by atoms with E-state index in [9.17, 15) is 4.79 Å². The van der Waals surface area contributed by atoms with Gasteiger partial charge < -0.3 is 5.32 Å². The van der Waals surface area contributed by atoms with E-state index in [1.54, 1.807) is 0 Å². The Hall–Kier alpha value is -0.860. The van der Waals surface area contributed by atoms with Crippen LogP contribution in [-0.2, 0) is 4.79 Å². The summed E-state index contributed by atoms with van der Waals surface area (Å²) in [6.45, 7) is 11.5. The van der Waals surface area contributed by atoms with Crippen molar-refractivity contribution in [2.24, 2.45) is 17.3 Å². The van der Waals surface area contributed by atoms with Crippen LogP contribution in [0.5, 0.6) is 0 Å². The normalized spacial score (nSPS) is 28.3. The third-order valence-electron chi connectivity index (χ3n) is 5.58. The molecule has 0 bridgehead atoms. The zero-order valence-corrected chi connectivity index (χ0v) is 16.4. The predicted molar refractivity (Wildman–Crippen MR) is 102 cm³/mol. The second kappa shape index (κ2) is 9.01. The van der Waals surface area contributed by atoms with Crippen LogP contribution in [0.15, 0.2) is 0 Å². The minimum atomic E-state index is 0.0999. The minimum absolute atomic E-state index is 0.0999. The number of hydrogen-bond donors (Lipinski definition) is 1. The lowest BCUT2D eigenvalue weighted by Gasteiger charge is -2.33. The maximum absolute atomic E-state index is 12.6. The first-order chi connectivity index (χ1) is 11.4. The second-order valence-electron chi connectivity index (χ2n) is 9.28. The zero-order chi connectivity index (χ0) is 17.6. The van der Waals surface area contributed by atoms with Crippen molar-refractivity contribution >= 4 is 12.1 Å². The van der Waals surface area contributed by atoms with Crippen molar-refractivity contribution in [1.82, 2.24) is 5.32 Å². The Morgan fingerprint density at radius 3 is 2.50 bits per heavy atom. The lowest BCUT2D eigenvalue weighted by Crippen LogP contribution is -2.43. The average Bonchev–Trinajstić information content (AvgIpc) is 2.53. The number of rotatable bonds is 6. The number of amides is 1. The molecule has 1 heterocycles. The quantitative estimate of drug-likeness (QED) is 0.717. The van der Waals surface area contributed by atoms with Gasteiger partial charge in [-0.1, -0.05) is 34.1 Å². The molecule has 2 rings (SSSR count). The third-order valence-corrected chi connectivity index (χ3v) is 5.58. The first kappa shape index (κ1) is 19.5. The van der Waals surface area contributed by atoms with Crippen molar-refractivity contribution in [3.8, 4) is 0 Å². The molecule has 0 radical (unpaired) electrons. The summed E-state index contributed by atoms with van der Waals surface area (Å²) < 4.78 is 2.37. The van der Waals surface area contributed by atoms with E-state index in [2.05, 4.69) is 43.8 Å². The van der Waals surface area contributed by atoms with Crippen LogP contribution in [0.4, 0.5) is 0 Å². The molecule has 0 aromatic heterocycles. The number of hydrogen-bond acceptors (Lipinski definition) is 1. The molecule has 1 aliphatic carbocycles. The molecular formula is C21H39N2O+. The molecule has 0 saturated heterocycles. The van der Waals surface area contributed by atoms with Crippen LogP contribution in [0.2, 0.25) is 0 Å². The van der Waals surface area contributed by atoms with E-state index in [1.807, 2.05) is 0 Å². The first-order valence-electron chi connectivity index (χ1n) is 10.3. The summed E-state index contributed by atoms with van der Waals surface area (Å²) in [6.07, 6.45) is 13.0. The summed E-state index contributed by atoms with van der Waals surface area (Å²) in [7, 11) is 0. The van der Waals surface area contributed by atoms with Crippen LogP contribution in [0.1, 0.15) is 85.5 Å². The monoisotopic (exact) mass is 335 g/mol. The fraction of sp³-hybridized carbons (Fsp3) is 0.905. The van der Waals surface area contributed by atoms with Gasteiger partial charge in [-0.3, -0.25) is 4.79 Å². The molecule has 1 saturated carbocycles. The molecule has 1 unspecified atom stereocenters. The Morgan fingerprint density at radius 2 is 1.88 bits per heavy atom. The van der Waals surface area contributed by atoms with Gasteiger partial charge in [0, 0.05) is 18.9 Å². The molecule has 1 amide bonds. The Bertz CT molecular complexity index is 428. The second-order valence-corrected chi connectivity index (χ2v) is 9.28. The first-order valence-corrected chi connectivity index (χ1v) is 10.3. The van der Waals surface area contributed by atoms with E-state index in [-0.39, 0.29) is 11.8 Å². The highest BCUT2D eigenvalue weighted by Gasteiger charge is 2.29. The van der Waals surface area contributed by atoms with Gasteiger partial charge in [0.05, 0.1) is 0 Å². The third kappa shape index (κ3) is 6.57. The van der Waals surface area contributed by atoms with E-state index in [4.69, 9.17) is 0 Å². The molecule has 2 aliphatic rings. The van der Waals surface area contributed by atoms with E-state index in [0.29, 0.717) is 11.5 Å². The van der Waals surface area contributed by atoms with Crippen LogP contribution in [-0.4, -0.2) is 35.8 Å². The van der Waals surface area contributed by atoms with Gasteiger partial charge in [-0.25, -0.2) is 4.58 Å². The Labute approximate surface area is 149 Å². The highest BCUT2D eigenvalue weighted by Crippen LogP contribution is 2.34. The number of nitrogens with zero attached hydrogens (tertiary/aromatic N) is 1. The number of unbranched alkanes of at least 4 members (excludes halogenated alkanes) is 1. The molecule has 1 atom stereocenters. The Balaban J connectivity index is 1.77. The maximum atomic E-state index is 12.6. The lowest BCUT2D eigenvalue weighted by atomic mass is 9.76. The Morgan fingerprint density at radius 1 is 1.17 bits per heavy atom. The van der Waals surface area contributed by atoms with Crippen LogP contribution in [0, 0.1) is 17.3 Å². The Kier molecular flexibility index (Phi) is 7.31. The van der Waals surface area contributed by atoms with Gasteiger partial charge in [0.25, 0.3) is 0 Å². The van der Waals surface area contributed by atoms with Crippen molar-refractivity contribution in [2.75, 3.05) is 13.1 Å². The highest BCUT2D eigenvalue weighted by atomic mass is 16.1. The molecule has 3 heteroatoms. The molecule has 0 aromatic carbocycles. The fourth-order valence-electron chi connectivity index (χ4n) is 4.35. The van der Waals surface area contributed by atoms with Crippen molar-refractivity contribution in [3.05, 3.63) is 0 Å². The molecule has 3 nitrogen and oxygen atoms in total. The summed E-state index contributed by atoms with van der Waals surface area (Å²) in [5.74, 6) is 1.22. The highest BCUT2D eigenvalue weighted by molar-refractivity contribution is 5.92. The van der Waals surface area contributed by atoms with Crippen molar-refractivity contribution < 1.29 is 9.37 Å². The molecule has 0 spiro atoms. The standard InChI is InChI=1S/C21H38N2O/c1-5-6-13-23-14-7-8-18(16-23)20(24)22-19-11-9-17(10-12-19)15-21(2,3)4/h16-19H,5-15H2,1-4H3/p+1/t17-,18?,19-. The molecule has 24 heavy (non-hydrogen) atoms. The fourth-order valence-corrected chi connectivity index (χ4v) is 4.35. The minimum Gasteiger partial charge on any atom is -0.353 e. The average molecular weight is 336 g/mol. The predicted octanol–water partition coefficient (Wildman–Crippen LogP) is 4.39. The topological polar surface area (TPSA) is 32.1 Å². The molecule has 1 aliphatic heterocycles. The van der Waals surface area contributed by atoms with Gasteiger partial charge in [0.1, 0.15) is 19.0 Å². The van der Waals surface area contributed by atoms with Gasteiger partial charge in [-0.05, 0) is 49.9 Å². The van der Waals surface area contributed by atoms with Crippen molar-refractivity contribution in [3.63, 3.8) is 0 Å². The van der Waals surface area contributed by atoms with Crippen molar-refractivity contribution in [1.29, 1.82) is 0 Å². The molecule has 1 N–H and O–H groups in total. The van der Waals surface area contributed by atoms with Gasteiger partial charge in [0.15, 0.2) is 6.21 Å². The SMILES string of the molecule is CCCC[N+]1=CC(C(=O)N[C@H]2CC[C@H](CC(C)(C)C)CC2)CCC1. The summed E-state index contributed by atoms with van der Waals surface area (Å²) in [6, 6.07) is 0.410. The molecule has 0 aromatic rings. The zero-order valence-electron chi connectivity index (χ0n) is 16.4. The summed E-state index contributed by atoms with van der Waals surface area (Å²) in [5.41, 5.74) is 0.430. The van der Waals surface area contributed by atoms with Gasteiger partial charge in [-0.2, -0.15) is 0 Å². The maximum Gasteiger partial charge on any atom is 0.233 e. The number of carbonyl (C=O) groups is 1. The summed E-state index contributed by atoms with van der Waals surface area (Å²) >= 11 is 0. The summed E-state index contributed by atoms with van der Waals surface area (Å²) in [5, 5.41) is 3.35. The summed E-state index contributed by atoms with van der Waals surface area (Å²) in [4.78, 5) is 12.6. The lowest BCUT2D eigenvalue weighted by molar-refractivity contribution is -0.530. The molecule has 138 valence electrons. The van der Waals surface area contributed by atoms with E-state index in [0.717, 1.165) is 31.8 Å². The van der Waals surface area contributed by atoms with Gasteiger partial charge in [-0.15, -0.1) is 0 Å². The van der Waals surface area contributed by atoms with Crippen LogP contribution in [0.25, 0.3) is 0 Å².